The number of amides is 1. The molecule has 0 spiro atoms. The fraction of sp³-hybridized carbons (Fsp3) is 0.667. The Morgan fingerprint density at radius 1 is 1.08 bits per heavy atom. The van der Waals surface area contributed by atoms with Crippen LogP contribution in [0.2, 0.25) is 0 Å². The highest BCUT2D eigenvalue weighted by atomic mass is 16.5. The number of carbonyl (C=O) groups is 1. The molecule has 0 aromatic heterocycles. The third-order valence-electron chi connectivity index (χ3n) is 6.49. The molecule has 3 atom stereocenters. The summed E-state index contributed by atoms with van der Waals surface area (Å²) in [6, 6.07) is 7.87. The van der Waals surface area contributed by atoms with E-state index in [1.165, 1.54) is 37.8 Å². The van der Waals surface area contributed by atoms with Gasteiger partial charge in [0.2, 0.25) is 0 Å². The predicted octanol–water partition coefficient (Wildman–Crippen LogP) is 2.95. The van der Waals surface area contributed by atoms with Crippen molar-refractivity contribution in [3.05, 3.63) is 29.8 Å². The normalized spacial score (nSPS) is 29.2. The molecule has 0 radical (unpaired) electrons. The highest BCUT2D eigenvalue weighted by Gasteiger charge is 2.40. The maximum Gasteiger partial charge on any atom is 0.260 e. The van der Waals surface area contributed by atoms with Crippen molar-refractivity contribution in [2.75, 3.05) is 39.3 Å². The maximum absolute atomic E-state index is 12.4. The lowest BCUT2D eigenvalue weighted by Gasteiger charge is -2.37. The van der Waals surface area contributed by atoms with Crippen molar-refractivity contribution in [3.8, 4) is 5.75 Å². The number of rotatable bonds is 5. The van der Waals surface area contributed by atoms with Crippen LogP contribution in [0, 0.1) is 24.7 Å². The lowest BCUT2D eigenvalue weighted by Crippen LogP contribution is -2.51. The first-order chi connectivity index (χ1) is 12.2. The molecule has 3 aliphatic rings. The van der Waals surface area contributed by atoms with Gasteiger partial charge in [-0.3, -0.25) is 9.69 Å². The van der Waals surface area contributed by atoms with Crippen LogP contribution in [0.15, 0.2) is 24.3 Å². The van der Waals surface area contributed by atoms with E-state index in [1.54, 1.807) is 0 Å². The first-order valence-corrected chi connectivity index (χ1v) is 9.87. The fourth-order valence-electron chi connectivity index (χ4n) is 4.98. The summed E-state index contributed by atoms with van der Waals surface area (Å²) in [6.45, 7) is 7.17. The molecule has 2 aliphatic carbocycles. The molecule has 1 amide bonds. The third kappa shape index (κ3) is 4.00. The second kappa shape index (κ2) is 7.36. The molecule has 4 rings (SSSR count). The van der Waals surface area contributed by atoms with Crippen molar-refractivity contribution in [1.29, 1.82) is 0 Å². The van der Waals surface area contributed by atoms with Gasteiger partial charge >= 0.3 is 0 Å². The second-order valence-electron chi connectivity index (χ2n) is 8.22. The zero-order chi connectivity index (χ0) is 17.2. The number of aryl methyl sites for hydroxylation is 1. The van der Waals surface area contributed by atoms with E-state index in [0.29, 0.717) is 0 Å². The molecule has 1 aromatic rings. The molecule has 3 fully saturated rings. The van der Waals surface area contributed by atoms with Gasteiger partial charge in [-0.25, -0.2) is 0 Å². The van der Waals surface area contributed by atoms with Crippen molar-refractivity contribution in [3.63, 3.8) is 0 Å². The molecule has 1 aromatic carbocycles. The lowest BCUT2D eigenvalue weighted by atomic mass is 9.88. The van der Waals surface area contributed by atoms with E-state index in [0.717, 1.165) is 49.7 Å². The van der Waals surface area contributed by atoms with E-state index in [4.69, 9.17) is 4.74 Å². The quantitative estimate of drug-likeness (QED) is 0.825. The summed E-state index contributed by atoms with van der Waals surface area (Å²) in [5, 5.41) is 0. The maximum atomic E-state index is 12.4. The smallest absolute Gasteiger partial charge is 0.260 e. The Bertz CT molecular complexity index is 592. The molecule has 136 valence electrons. The van der Waals surface area contributed by atoms with Crippen molar-refractivity contribution >= 4 is 5.91 Å². The van der Waals surface area contributed by atoms with Gasteiger partial charge < -0.3 is 9.64 Å². The monoisotopic (exact) mass is 342 g/mol. The largest absolute Gasteiger partial charge is 0.484 e. The number of hydrogen-bond acceptors (Lipinski definition) is 3. The number of hydrogen-bond donors (Lipinski definition) is 0. The van der Waals surface area contributed by atoms with Gasteiger partial charge in [0, 0.05) is 32.7 Å². The molecule has 25 heavy (non-hydrogen) atoms. The molecule has 3 unspecified atom stereocenters. The minimum atomic E-state index is 0.111. The van der Waals surface area contributed by atoms with Crippen LogP contribution in [0.5, 0.6) is 5.75 Å². The van der Waals surface area contributed by atoms with Gasteiger partial charge in [0.05, 0.1) is 0 Å². The molecule has 1 saturated heterocycles. The van der Waals surface area contributed by atoms with E-state index in [-0.39, 0.29) is 12.5 Å². The van der Waals surface area contributed by atoms with Crippen LogP contribution in [0.4, 0.5) is 0 Å². The van der Waals surface area contributed by atoms with Gasteiger partial charge in [-0.2, -0.15) is 0 Å². The van der Waals surface area contributed by atoms with Crippen LogP contribution in [-0.2, 0) is 4.79 Å². The highest BCUT2D eigenvalue weighted by molar-refractivity contribution is 5.77. The van der Waals surface area contributed by atoms with Crippen LogP contribution >= 0.6 is 0 Å². The zero-order valence-electron chi connectivity index (χ0n) is 15.3. The topological polar surface area (TPSA) is 32.8 Å². The Labute approximate surface area is 151 Å². The lowest BCUT2D eigenvalue weighted by molar-refractivity contribution is -0.135. The van der Waals surface area contributed by atoms with Gasteiger partial charge in [0.15, 0.2) is 6.61 Å². The first-order valence-electron chi connectivity index (χ1n) is 9.87. The number of piperazine rings is 1. The van der Waals surface area contributed by atoms with Crippen LogP contribution in [0.25, 0.3) is 0 Å². The fourth-order valence-corrected chi connectivity index (χ4v) is 4.98. The molecular formula is C21H30N2O2. The SMILES string of the molecule is Cc1ccc(OCC(=O)N2CCN(CC3CC4CCC3C4)CC2)cc1. The summed E-state index contributed by atoms with van der Waals surface area (Å²) >= 11 is 0. The zero-order valence-corrected chi connectivity index (χ0v) is 15.3. The van der Waals surface area contributed by atoms with Crippen molar-refractivity contribution in [2.24, 2.45) is 17.8 Å². The minimum absolute atomic E-state index is 0.111. The third-order valence-corrected chi connectivity index (χ3v) is 6.49. The summed E-state index contributed by atoms with van der Waals surface area (Å²) in [4.78, 5) is 16.9. The number of benzene rings is 1. The Morgan fingerprint density at radius 2 is 1.84 bits per heavy atom. The second-order valence-corrected chi connectivity index (χ2v) is 8.22. The first kappa shape index (κ1) is 16.9. The predicted molar refractivity (Wildman–Crippen MR) is 98.6 cm³/mol. The summed E-state index contributed by atoms with van der Waals surface area (Å²) in [7, 11) is 0. The molecule has 4 heteroatoms. The van der Waals surface area contributed by atoms with E-state index in [1.807, 2.05) is 36.1 Å². The highest BCUT2D eigenvalue weighted by Crippen LogP contribution is 2.48. The Hall–Kier alpha value is -1.55. The Balaban J connectivity index is 1.19. The van der Waals surface area contributed by atoms with Crippen molar-refractivity contribution in [2.45, 2.75) is 32.6 Å². The van der Waals surface area contributed by atoms with Gasteiger partial charge in [-0.1, -0.05) is 24.1 Å². The van der Waals surface area contributed by atoms with Crippen LogP contribution in [0.3, 0.4) is 0 Å². The van der Waals surface area contributed by atoms with E-state index in [9.17, 15) is 4.79 Å². The summed E-state index contributed by atoms with van der Waals surface area (Å²) in [5.74, 6) is 3.82. The van der Waals surface area contributed by atoms with E-state index >= 15 is 0 Å². The van der Waals surface area contributed by atoms with Crippen LogP contribution in [-0.4, -0.2) is 55.0 Å². The number of fused-ring (bicyclic) bond motifs is 2. The summed E-state index contributed by atoms with van der Waals surface area (Å²) in [5.41, 5.74) is 1.20. The van der Waals surface area contributed by atoms with E-state index in [2.05, 4.69) is 4.90 Å². The number of ether oxygens (including phenoxy) is 1. The molecule has 1 heterocycles. The molecule has 2 bridgehead atoms. The van der Waals surface area contributed by atoms with Crippen molar-refractivity contribution in [1.82, 2.24) is 9.80 Å². The van der Waals surface area contributed by atoms with Crippen molar-refractivity contribution < 1.29 is 9.53 Å². The summed E-state index contributed by atoms with van der Waals surface area (Å²) < 4.78 is 5.64. The molecule has 2 saturated carbocycles. The number of carbonyl (C=O) groups excluding carboxylic acids is 1. The van der Waals surface area contributed by atoms with Gasteiger partial charge in [-0.05, 0) is 56.1 Å². The molecular weight excluding hydrogens is 312 g/mol. The Kier molecular flexibility index (Phi) is 4.98. The van der Waals surface area contributed by atoms with Crippen LogP contribution in [0.1, 0.15) is 31.2 Å². The van der Waals surface area contributed by atoms with E-state index < -0.39 is 0 Å². The average molecular weight is 342 g/mol. The Morgan fingerprint density at radius 3 is 2.48 bits per heavy atom. The molecule has 1 aliphatic heterocycles. The minimum Gasteiger partial charge on any atom is -0.484 e. The van der Waals surface area contributed by atoms with Gasteiger partial charge in [0.1, 0.15) is 5.75 Å². The van der Waals surface area contributed by atoms with Gasteiger partial charge in [0.25, 0.3) is 5.91 Å². The molecule has 4 nitrogen and oxygen atoms in total. The number of nitrogens with zero attached hydrogens (tertiary/aromatic N) is 2. The molecule has 0 N–H and O–H groups in total. The summed E-state index contributed by atoms with van der Waals surface area (Å²) in [6.07, 6.45) is 5.88. The van der Waals surface area contributed by atoms with Gasteiger partial charge in [-0.15, -0.1) is 0 Å². The average Bonchev–Trinajstić information content (AvgIpc) is 3.25. The van der Waals surface area contributed by atoms with Crippen LogP contribution < -0.4 is 4.74 Å². The standard InChI is InChI=1S/C21H30N2O2/c1-16-2-6-20(7-3-16)25-15-21(24)23-10-8-22(9-11-23)14-19-13-17-4-5-18(19)12-17/h2-3,6-7,17-19H,4-5,8-15H2,1H3.